The van der Waals surface area contributed by atoms with Crippen molar-refractivity contribution in [2.75, 3.05) is 5.73 Å². The van der Waals surface area contributed by atoms with E-state index < -0.39 is 5.56 Å². The number of hydrogen-bond donors (Lipinski definition) is 2. The molecule has 0 atom stereocenters. The first kappa shape index (κ1) is 11.6. The average molecular weight is 211 g/mol. The number of anilines is 1. The van der Waals surface area contributed by atoms with Crippen LogP contribution in [0.25, 0.3) is 0 Å². The van der Waals surface area contributed by atoms with Crippen LogP contribution < -0.4 is 17.0 Å². The van der Waals surface area contributed by atoms with Crippen LogP contribution in [0.4, 0.5) is 5.69 Å². The van der Waals surface area contributed by atoms with Gasteiger partial charge < -0.3 is 5.73 Å². The van der Waals surface area contributed by atoms with Gasteiger partial charge in [-0.15, -0.1) is 0 Å². The minimum absolute atomic E-state index is 0.0838. The highest BCUT2D eigenvalue weighted by Crippen LogP contribution is 2.09. The van der Waals surface area contributed by atoms with Crippen molar-refractivity contribution in [1.82, 2.24) is 9.55 Å². The van der Waals surface area contributed by atoms with Gasteiger partial charge in [0.15, 0.2) is 0 Å². The monoisotopic (exact) mass is 211 g/mol. The van der Waals surface area contributed by atoms with Gasteiger partial charge in [-0.3, -0.25) is 14.3 Å². The molecule has 3 N–H and O–H groups in total. The maximum Gasteiger partial charge on any atom is 0.328 e. The van der Waals surface area contributed by atoms with Crippen molar-refractivity contribution in [3.8, 4) is 0 Å². The summed E-state index contributed by atoms with van der Waals surface area (Å²) in [5.74, 6) is 0.438. The van der Waals surface area contributed by atoms with Crippen LogP contribution in [0.5, 0.6) is 0 Å². The van der Waals surface area contributed by atoms with E-state index in [0.717, 1.165) is 12.8 Å². The fraction of sp³-hybridized carbons (Fsp3) is 0.600. The first-order valence-corrected chi connectivity index (χ1v) is 5.17. The molecule has 1 rings (SSSR count). The van der Waals surface area contributed by atoms with Crippen LogP contribution in [0.3, 0.4) is 0 Å². The molecule has 0 saturated carbocycles. The van der Waals surface area contributed by atoms with Crippen LogP contribution in [-0.4, -0.2) is 9.55 Å². The van der Waals surface area contributed by atoms with Crippen molar-refractivity contribution >= 4 is 5.69 Å². The molecule has 5 nitrogen and oxygen atoms in total. The maximum absolute atomic E-state index is 11.4. The maximum atomic E-state index is 11.4. The normalized spacial score (nSPS) is 10.9. The van der Waals surface area contributed by atoms with Gasteiger partial charge in [-0.25, -0.2) is 4.79 Å². The Morgan fingerprint density at radius 3 is 2.53 bits per heavy atom. The van der Waals surface area contributed by atoms with Crippen molar-refractivity contribution < 1.29 is 0 Å². The van der Waals surface area contributed by atoms with E-state index in [9.17, 15) is 9.59 Å². The summed E-state index contributed by atoms with van der Waals surface area (Å²) in [5, 5.41) is 0. The van der Waals surface area contributed by atoms with Crippen molar-refractivity contribution in [2.24, 2.45) is 5.92 Å². The lowest BCUT2D eigenvalue weighted by Gasteiger charge is -2.13. The summed E-state index contributed by atoms with van der Waals surface area (Å²) >= 11 is 0. The fourth-order valence-corrected chi connectivity index (χ4v) is 1.49. The highest BCUT2D eigenvalue weighted by Gasteiger charge is 2.07. The van der Waals surface area contributed by atoms with Crippen LogP contribution >= 0.6 is 0 Å². The number of aromatic amines is 1. The van der Waals surface area contributed by atoms with Crippen molar-refractivity contribution in [3.63, 3.8) is 0 Å². The second kappa shape index (κ2) is 4.82. The topological polar surface area (TPSA) is 80.9 Å². The average Bonchev–Trinajstić information content (AvgIpc) is 2.21. The van der Waals surface area contributed by atoms with E-state index in [1.165, 1.54) is 10.8 Å². The van der Waals surface area contributed by atoms with Crippen LogP contribution in [-0.2, 0) is 6.54 Å². The number of nitrogens with two attached hydrogens (primary N) is 1. The zero-order valence-corrected chi connectivity index (χ0v) is 9.12. The van der Waals surface area contributed by atoms with Gasteiger partial charge in [0.05, 0.1) is 0 Å². The highest BCUT2D eigenvalue weighted by molar-refractivity contribution is 5.30. The number of nitrogens with zero attached hydrogens (tertiary/aromatic N) is 1. The molecule has 15 heavy (non-hydrogen) atoms. The third-order valence-electron chi connectivity index (χ3n) is 2.65. The minimum atomic E-state index is -0.513. The largest absolute Gasteiger partial charge is 0.393 e. The first-order valence-electron chi connectivity index (χ1n) is 5.17. The smallest absolute Gasteiger partial charge is 0.328 e. The van der Waals surface area contributed by atoms with E-state index in [-0.39, 0.29) is 11.4 Å². The molecule has 0 aromatic carbocycles. The molecule has 1 aromatic heterocycles. The Kier molecular flexibility index (Phi) is 3.71. The van der Waals surface area contributed by atoms with E-state index in [1.807, 2.05) is 0 Å². The van der Waals surface area contributed by atoms with Crippen molar-refractivity contribution in [3.05, 3.63) is 27.0 Å². The van der Waals surface area contributed by atoms with E-state index in [4.69, 9.17) is 5.73 Å². The minimum Gasteiger partial charge on any atom is -0.393 e. The number of nitrogens with one attached hydrogen (secondary N) is 1. The second-order valence-electron chi connectivity index (χ2n) is 3.68. The van der Waals surface area contributed by atoms with Gasteiger partial charge >= 0.3 is 5.69 Å². The summed E-state index contributed by atoms with van der Waals surface area (Å²) in [4.78, 5) is 24.6. The third kappa shape index (κ3) is 2.71. The molecule has 0 aliphatic carbocycles. The number of hydrogen-bond acceptors (Lipinski definition) is 3. The molecule has 0 saturated heterocycles. The van der Waals surface area contributed by atoms with Gasteiger partial charge in [0, 0.05) is 12.7 Å². The zero-order valence-electron chi connectivity index (χ0n) is 9.12. The first-order chi connectivity index (χ1) is 7.08. The summed E-state index contributed by atoms with van der Waals surface area (Å²) in [7, 11) is 0. The van der Waals surface area contributed by atoms with E-state index in [0.29, 0.717) is 12.5 Å². The van der Waals surface area contributed by atoms with Gasteiger partial charge in [-0.05, 0) is 5.92 Å². The van der Waals surface area contributed by atoms with E-state index in [2.05, 4.69) is 18.8 Å². The van der Waals surface area contributed by atoms with Gasteiger partial charge in [-0.2, -0.15) is 0 Å². The lowest BCUT2D eigenvalue weighted by molar-refractivity contribution is 0.408. The molecular formula is C10H17N3O2. The fourth-order valence-electron chi connectivity index (χ4n) is 1.49. The predicted octanol–water partition coefficient (Wildman–Crippen LogP) is 0.555. The molecule has 0 unspecified atom stereocenters. The van der Waals surface area contributed by atoms with Crippen LogP contribution in [0.1, 0.15) is 26.7 Å². The summed E-state index contributed by atoms with van der Waals surface area (Å²) in [6.45, 7) is 4.76. The van der Waals surface area contributed by atoms with Crippen molar-refractivity contribution in [1.29, 1.82) is 0 Å². The number of nitrogen functional groups attached to an aromatic ring is 1. The molecule has 5 heteroatoms. The molecule has 84 valence electrons. The second-order valence-corrected chi connectivity index (χ2v) is 3.68. The Balaban J connectivity index is 3.00. The summed E-state index contributed by atoms with van der Waals surface area (Å²) < 4.78 is 1.47. The quantitative estimate of drug-likeness (QED) is 0.763. The molecule has 1 aromatic rings. The molecule has 1 heterocycles. The Morgan fingerprint density at radius 2 is 2.00 bits per heavy atom. The van der Waals surface area contributed by atoms with Crippen LogP contribution in [0, 0.1) is 5.92 Å². The highest BCUT2D eigenvalue weighted by atomic mass is 16.2. The number of H-pyrrole nitrogens is 1. The van der Waals surface area contributed by atoms with Crippen molar-refractivity contribution in [2.45, 2.75) is 33.2 Å². The van der Waals surface area contributed by atoms with Gasteiger partial charge in [-0.1, -0.05) is 26.7 Å². The van der Waals surface area contributed by atoms with Gasteiger partial charge in [0.1, 0.15) is 5.69 Å². The standard InChI is InChI=1S/C10H17N3O2/c1-3-7(4-2)5-13-6-8(11)9(14)12-10(13)15/h6-7H,3-5,11H2,1-2H3,(H,12,14,15). The Hall–Kier alpha value is -1.52. The molecule has 0 aliphatic heterocycles. The zero-order chi connectivity index (χ0) is 11.4. The van der Waals surface area contributed by atoms with Gasteiger partial charge in [0.2, 0.25) is 0 Å². The molecule has 0 aliphatic rings. The van der Waals surface area contributed by atoms with Gasteiger partial charge in [0.25, 0.3) is 5.56 Å². The Bertz CT molecular complexity index is 429. The molecule has 0 spiro atoms. The lowest BCUT2D eigenvalue weighted by Crippen LogP contribution is -2.32. The van der Waals surface area contributed by atoms with Crippen LogP contribution in [0.2, 0.25) is 0 Å². The predicted molar refractivity (Wildman–Crippen MR) is 59.8 cm³/mol. The molecule has 0 fully saturated rings. The lowest BCUT2D eigenvalue weighted by atomic mass is 10.0. The molecule has 0 amide bonds. The summed E-state index contributed by atoms with van der Waals surface area (Å²) in [5.41, 5.74) is 4.63. The third-order valence-corrected chi connectivity index (χ3v) is 2.65. The van der Waals surface area contributed by atoms with Crippen LogP contribution in [0.15, 0.2) is 15.8 Å². The SMILES string of the molecule is CCC(CC)Cn1cc(N)c(=O)[nH]c1=O. The Morgan fingerprint density at radius 1 is 1.40 bits per heavy atom. The number of aromatic nitrogens is 2. The number of rotatable bonds is 4. The molecular weight excluding hydrogens is 194 g/mol. The summed E-state index contributed by atoms with van der Waals surface area (Å²) in [6, 6.07) is 0. The van der Waals surface area contributed by atoms with E-state index in [1.54, 1.807) is 0 Å². The Labute approximate surface area is 87.9 Å². The molecule has 0 bridgehead atoms. The van der Waals surface area contributed by atoms with E-state index >= 15 is 0 Å². The summed E-state index contributed by atoms with van der Waals surface area (Å²) in [6.07, 6.45) is 3.42. The molecule has 0 radical (unpaired) electrons.